The van der Waals surface area contributed by atoms with Crippen molar-refractivity contribution in [2.45, 2.75) is 39.7 Å². The molecule has 0 rings (SSSR count). The van der Waals surface area contributed by atoms with Crippen LogP contribution < -0.4 is 5.32 Å². The van der Waals surface area contributed by atoms with Crippen LogP contribution in [0.25, 0.3) is 0 Å². The van der Waals surface area contributed by atoms with Crippen molar-refractivity contribution in [2.24, 2.45) is 5.92 Å². The molecular formula is C13H26N2O4. The number of aliphatic carboxylic acids is 1. The normalized spacial score (nSPS) is 12.9. The van der Waals surface area contributed by atoms with Crippen molar-refractivity contribution < 1.29 is 19.4 Å². The van der Waals surface area contributed by atoms with Crippen LogP contribution in [0, 0.1) is 5.92 Å². The Morgan fingerprint density at radius 3 is 2.47 bits per heavy atom. The highest BCUT2D eigenvalue weighted by Gasteiger charge is 2.18. The minimum Gasteiger partial charge on any atom is -0.481 e. The van der Waals surface area contributed by atoms with Gasteiger partial charge in [0.25, 0.3) is 0 Å². The highest BCUT2D eigenvalue weighted by atomic mass is 16.5. The van der Waals surface area contributed by atoms with Crippen molar-refractivity contribution >= 4 is 12.0 Å². The largest absolute Gasteiger partial charge is 0.481 e. The summed E-state index contributed by atoms with van der Waals surface area (Å²) in [5.41, 5.74) is -0.186. The zero-order chi connectivity index (χ0) is 15.1. The maximum absolute atomic E-state index is 11.7. The summed E-state index contributed by atoms with van der Waals surface area (Å²) >= 11 is 0. The monoisotopic (exact) mass is 274 g/mol. The third-order valence-corrected chi connectivity index (χ3v) is 3.04. The van der Waals surface area contributed by atoms with Gasteiger partial charge in [0.05, 0.1) is 18.1 Å². The number of ether oxygens (including phenoxy) is 1. The van der Waals surface area contributed by atoms with Crippen LogP contribution in [-0.2, 0) is 9.53 Å². The van der Waals surface area contributed by atoms with E-state index in [0.29, 0.717) is 13.2 Å². The van der Waals surface area contributed by atoms with E-state index in [-0.39, 0.29) is 18.2 Å². The van der Waals surface area contributed by atoms with Gasteiger partial charge in [0.2, 0.25) is 0 Å². The minimum atomic E-state index is -0.910. The summed E-state index contributed by atoms with van der Waals surface area (Å²) in [6, 6.07) is -0.286. The molecule has 0 aromatic rings. The third kappa shape index (κ3) is 7.66. The molecule has 2 amide bonds. The first kappa shape index (κ1) is 17.7. The van der Waals surface area contributed by atoms with Crippen molar-refractivity contribution in [3.63, 3.8) is 0 Å². The van der Waals surface area contributed by atoms with Gasteiger partial charge in [-0.2, -0.15) is 0 Å². The molecule has 0 aromatic carbocycles. The third-order valence-electron chi connectivity index (χ3n) is 3.04. The zero-order valence-electron chi connectivity index (χ0n) is 12.5. The number of rotatable bonds is 8. The number of hydrogen-bond acceptors (Lipinski definition) is 3. The van der Waals surface area contributed by atoms with Gasteiger partial charge in [-0.25, -0.2) is 4.79 Å². The van der Waals surface area contributed by atoms with Crippen molar-refractivity contribution in [1.82, 2.24) is 10.2 Å². The summed E-state index contributed by atoms with van der Waals surface area (Å²) in [6.07, 6.45) is 0.900. The lowest BCUT2D eigenvalue weighted by Gasteiger charge is -2.24. The highest BCUT2D eigenvalue weighted by molar-refractivity contribution is 5.75. The molecule has 1 unspecified atom stereocenters. The second-order valence-electron chi connectivity index (χ2n) is 5.31. The van der Waals surface area contributed by atoms with E-state index in [2.05, 4.69) is 5.32 Å². The van der Waals surface area contributed by atoms with E-state index in [4.69, 9.17) is 9.84 Å². The Labute approximate surface area is 115 Å². The molecule has 0 saturated heterocycles. The molecule has 0 radical (unpaired) electrons. The molecule has 2 N–H and O–H groups in total. The molecule has 6 heteroatoms. The molecule has 0 aromatic heterocycles. The molecule has 0 saturated carbocycles. The number of amides is 2. The molecule has 0 heterocycles. The summed E-state index contributed by atoms with van der Waals surface area (Å²) in [5.74, 6) is -1.49. The number of nitrogens with zero attached hydrogens (tertiary/aromatic N) is 1. The van der Waals surface area contributed by atoms with Gasteiger partial charge in [-0.05, 0) is 20.3 Å². The van der Waals surface area contributed by atoms with Crippen molar-refractivity contribution in [1.29, 1.82) is 0 Å². The van der Waals surface area contributed by atoms with E-state index >= 15 is 0 Å². The molecule has 0 aliphatic rings. The number of nitrogens with one attached hydrogen (secondary N) is 1. The SMILES string of the molecule is CCC(C)(C)OCCNC(=O)N(C)CC(C)C(=O)O. The molecule has 0 bridgehead atoms. The summed E-state index contributed by atoms with van der Waals surface area (Å²) < 4.78 is 5.60. The van der Waals surface area contributed by atoms with Crippen LogP contribution >= 0.6 is 0 Å². The zero-order valence-corrected chi connectivity index (χ0v) is 12.5. The standard InChI is InChI=1S/C13H26N2O4/c1-6-13(3,4)19-8-7-14-12(18)15(5)9-10(2)11(16)17/h10H,6-9H2,1-5H3,(H,14,18)(H,16,17). The van der Waals surface area contributed by atoms with Crippen LogP contribution in [0.5, 0.6) is 0 Å². The average molecular weight is 274 g/mol. The lowest BCUT2D eigenvalue weighted by atomic mass is 10.1. The van der Waals surface area contributed by atoms with Gasteiger partial charge in [-0.3, -0.25) is 4.79 Å². The second kappa shape index (κ2) is 7.99. The number of carbonyl (C=O) groups excluding carboxylic acids is 1. The van der Waals surface area contributed by atoms with Crippen molar-refractivity contribution in [3.8, 4) is 0 Å². The van der Waals surface area contributed by atoms with E-state index in [1.165, 1.54) is 4.90 Å². The van der Waals surface area contributed by atoms with Crippen LogP contribution in [0.4, 0.5) is 4.79 Å². The lowest BCUT2D eigenvalue weighted by Crippen LogP contribution is -2.42. The van der Waals surface area contributed by atoms with Crippen LogP contribution in [-0.4, -0.2) is 54.4 Å². The van der Waals surface area contributed by atoms with Crippen molar-refractivity contribution in [3.05, 3.63) is 0 Å². The fourth-order valence-electron chi connectivity index (χ4n) is 1.29. The topological polar surface area (TPSA) is 78.9 Å². The fraction of sp³-hybridized carbons (Fsp3) is 0.846. The first-order chi connectivity index (χ1) is 8.69. The number of carbonyl (C=O) groups is 2. The maximum Gasteiger partial charge on any atom is 0.317 e. The Bertz CT molecular complexity index is 305. The molecule has 0 aliphatic carbocycles. The molecule has 0 fully saturated rings. The van der Waals surface area contributed by atoms with E-state index < -0.39 is 11.9 Å². The summed E-state index contributed by atoms with van der Waals surface area (Å²) in [6.45, 7) is 8.63. The lowest BCUT2D eigenvalue weighted by molar-refractivity contribution is -0.141. The highest BCUT2D eigenvalue weighted by Crippen LogP contribution is 2.12. The predicted molar refractivity (Wildman–Crippen MR) is 73.2 cm³/mol. The smallest absolute Gasteiger partial charge is 0.317 e. The van der Waals surface area contributed by atoms with Crippen LogP contribution in [0.1, 0.15) is 34.1 Å². The molecule has 1 atom stereocenters. The van der Waals surface area contributed by atoms with Gasteiger partial charge in [-0.1, -0.05) is 13.8 Å². The Balaban J connectivity index is 3.89. The minimum absolute atomic E-state index is 0.183. The molecule has 112 valence electrons. The Morgan fingerprint density at radius 2 is 2.00 bits per heavy atom. The number of urea groups is 1. The van der Waals surface area contributed by atoms with Crippen LogP contribution in [0.15, 0.2) is 0 Å². The number of carboxylic acids is 1. The Hall–Kier alpha value is -1.30. The predicted octanol–water partition coefficient (Wildman–Crippen LogP) is 1.55. The van der Waals surface area contributed by atoms with Crippen molar-refractivity contribution in [2.75, 3.05) is 26.7 Å². The van der Waals surface area contributed by atoms with E-state index in [9.17, 15) is 9.59 Å². The fourth-order valence-corrected chi connectivity index (χ4v) is 1.29. The van der Waals surface area contributed by atoms with Gasteiger partial charge in [0.15, 0.2) is 0 Å². The van der Waals surface area contributed by atoms with Gasteiger partial charge in [-0.15, -0.1) is 0 Å². The maximum atomic E-state index is 11.7. The Morgan fingerprint density at radius 1 is 1.42 bits per heavy atom. The number of hydrogen-bond donors (Lipinski definition) is 2. The summed E-state index contributed by atoms with van der Waals surface area (Å²) in [7, 11) is 1.58. The molecule has 0 aliphatic heterocycles. The molecule has 19 heavy (non-hydrogen) atoms. The van der Waals surface area contributed by atoms with Gasteiger partial charge in [0, 0.05) is 20.1 Å². The first-order valence-corrected chi connectivity index (χ1v) is 6.55. The van der Waals surface area contributed by atoms with Crippen LogP contribution in [0.3, 0.4) is 0 Å². The second-order valence-corrected chi connectivity index (χ2v) is 5.31. The molecular weight excluding hydrogens is 248 g/mol. The molecule has 6 nitrogen and oxygen atoms in total. The average Bonchev–Trinajstić information content (AvgIpc) is 2.34. The Kier molecular flexibility index (Phi) is 7.44. The molecule has 0 spiro atoms. The summed E-state index contributed by atoms with van der Waals surface area (Å²) in [4.78, 5) is 23.7. The number of carboxylic acid groups (broad SMARTS) is 1. The summed E-state index contributed by atoms with van der Waals surface area (Å²) in [5, 5.41) is 11.5. The van der Waals surface area contributed by atoms with Gasteiger partial charge in [0.1, 0.15) is 0 Å². The van der Waals surface area contributed by atoms with Gasteiger partial charge >= 0.3 is 12.0 Å². The quantitative estimate of drug-likeness (QED) is 0.658. The van der Waals surface area contributed by atoms with Gasteiger partial charge < -0.3 is 20.1 Å². The van der Waals surface area contributed by atoms with E-state index in [1.54, 1.807) is 14.0 Å². The van der Waals surface area contributed by atoms with E-state index in [0.717, 1.165) is 6.42 Å². The van der Waals surface area contributed by atoms with Crippen LogP contribution in [0.2, 0.25) is 0 Å². The first-order valence-electron chi connectivity index (χ1n) is 6.55. The van der Waals surface area contributed by atoms with E-state index in [1.807, 2.05) is 20.8 Å².